The van der Waals surface area contributed by atoms with Gasteiger partial charge in [0.25, 0.3) is 0 Å². The highest BCUT2D eigenvalue weighted by atomic mass is 16.6. The third-order valence-corrected chi connectivity index (χ3v) is 8.16. The smallest absolute Gasteiger partial charge is 0.407 e. The maximum Gasteiger partial charge on any atom is 0.407 e. The van der Waals surface area contributed by atoms with E-state index in [0.29, 0.717) is 12.8 Å². The number of aliphatic hydroxyl groups excluding tert-OH is 2. The monoisotopic (exact) mass is 689 g/mol. The number of rotatable bonds is 18. The topological polar surface area (TPSA) is 175 Å². The van der Waals surface area contributed by atoms with Gasteiger partial charge in [0.2, 0.25) is 11.8 Å². The molecule has 0 radical (unpaired) electrons. The van der Waals surface area contributed by atoms with Crippen LogP contribution in [0.1, 0.15) is 63.8 Å². The van der Waals surface area contributed by atoms with Crippen LogP contribution in [0.3, 0.4) is 0 Å². The van der Waals surface area contributed by atoms with E-state index in [1.165, 1.54) is 0 Å². The molecule has 0 heterocycles. The SMILES string of the molecule is CC(C)[C@H](NC(=O)CC(N)c1ccccc1)C(=O)NC(Cc1ccccc1)C(O)CNCC(O)C(Cc1ccccc1)NC(=O)OC(C)(C)C. The minimum absolute atomic E-state index is 0.0108. The van der Waals surface area contributed by atoms with Gasteiger partial charge >= 0.3 is 6.09 Å². The van der Waals surface area contributed by atoms with Crippen molar-refractivity contribution in [3.8, 4) is 0 Å². The highest BCUT2D eigenvalue weighted by molar-refractivity contribution is 5.88. The van der Waals surface area contributed by atoms with Crippen molar-refractivity contribution >= 4 is 17.9 Å². The molecule has 272 valence electrons. The van der Waals surface area contributed by atoms with Crippen LogP contribution in [0.25, 0.3) is 0 Å². The second kappa shape index (κ2) is 19.8. The number of alkyl carbamates (subject to hydrolysis) is 1. The van der Waals surface area contributed by atoms with Crippen LogP contribution in [0.2, 0.25) is 0 Å². The van der Waals surface area contributed by atoms with Crippen molar-refractivity contribution in [3.63, 3.8) is 0 Å². The molecule has 5 unspecified atom stereocenters. The zero-order chi connectivity index (χ0) is 36.7. The number of aliphatic hydroxyl groups is 2. The molecular formula is C39H55N5O6. The molecule has 3 rings (SSSR count). The number of ether oxygens (including phenoxy) is 1. The van der Waals surface area contributed by atoms with Crippen LogP contribution >= 0.6 is 0 Å². The molecule has 0 spiro atoms. The summed E-state index contributed by atoms with van der Waals surface area (Å²) >= 11 is 0. The first-order valence-electron chi connectivity index (χ1n) is 17.3. The largest absolute Gasteiger partial charge is 0.444 e. The maximum atomic E-state index is 13.6. The average molecular weight is 690 g/mol. The lowest BCUT2D eigenvalue weighted by Crippen LogP contribution is -2.57. The maximum absolute atomic E-state index is 13.6. The van der Waals surface area contributed by atoms with Crippen LogP contribution in [-0.4, -0.2) is 77.1 Å². The summed E-state index contributed by atoms with van der Waals surface area (Å²) in [6, 6.07) is 25.5. The number of nitrogens with one attached hydrogen (secondary N) is 4. The van der Waals surface area contributed by atoms with Gasteiger partial charge in [-0.15, -0.1) is 0 Å². The molecule has 0 aliphatic heterocycles. The molecule has 0 aromatic heterocycles. The second-order valence-corrected chi connectivity index (χ2v) is 14.1. The van der Waals surface area contributed by atoms with Crippen molar-refractivity contribution in [2.45, 2.75) is 95.9 Å². The zero-order valence-electron chi connectivity index (χ0n) is 29.8. The Balaban J connectivity index is 1.66. The van der Waals surface area contributed by atoms with Gasteiger partial charge in [-0.3, -0.25) is 9.59 Å². The number of carbonyl (C=O) groups excluding carboxylic acids is 3. The van der Waals surface area contributed by atoms with E-state index in [-0.39, 0.29) is 31.3 Å². The number of nitrogens with two attached hydrogens (primary N) is 1. The van der Waals surface area contributed by atoms with Gasteiger partial charge < -0.3 is 42.0 Å². The highest BCUT2D eigenvalue weighted by Crippen LogP contribution is 2.15. The van der Waals surface area contributed by atoms with E-state index in [1.54, 1.807) is 20.8 Å². The molecule has 3 aromatic rings. The van der Waals surface area contributed by atoms with Crippen LogP contribution in [0, 0.1) is 5.92 Å². The molecule has 0 aliphatic carbocycles. The molecule has 0 saturated carbocycles. The molecule has 50 heavy (non-hydrogen) atoms. The van der Waals surface area contributed by atoms with Crippen molar-refractivity contribution in [1.29, 1.82) is 0 Å². The molecule has 8 N–H and O–H groups in total. The molecular weight excluding hydrogens is 634 g/mol. The molecule has 0 aliphatic rings. The fourth-order valence-corrected chi connectivity index (χ4v) is 5.48. The lowest BCUT2D eigenvalue weighted by Gasteiger charge is -2.30. The molecule has 0 fully saturated rings. The Labute approximate surface area is 296 Å². The minimum atomic E-state index is -1.06. The van der Waals surface area contributed by atoms with E-state index in [2.05, 4.69) is 21.3 Å². The Morgan fingerprint density at radius 1 is 0.720 bits per heavy atom. The standard InChI is InChI=1S/C39H55N5O6/c1-26(2)36(44-35(47)23-30(40)29-19-13-8-14-20-29)37(48)42-31(21-27-15-9-6-10-16-27)33(45)24-41-25-34(46)32(22-28-17-11-7-12-18-28)43-38(49)50-39(3,4)5/h6-20,26,30-34,36,41,45-46H,21-25,40H2,1-5H3,(H,42,48)(H,43,49)(H,44,47)/t30?,31?,32?,33?,34?,36-/m0/s1. The first-order valence-corrected chi connectivity index (χ1v) is 17.3. The van der Waals surface area contributed by atoms with Crippen LogP contribution in [0.5, 0.6) is 0 Å². The number of benzene rings is 3. The summed E-state index contributed by atoms with van der Waals surface area (Å²) in [4.78, 5) is 39.2. The lowest BCUT2D eigenvalue weighted by atomic mass is 9.97. The normalized spacial score (nSPS) is 15.2. The average Bonchev–Trinajstić information content (AvgIpc) is 3.06. The molecule has 3 amide bonds. The first kappa shape index (κ1) is 40.1. The van der Waals surface area contributed by atoms with Crippen molar-refractivity contribution in [1.82, 2.24) is 21.3 Å². The van der Waals surface area contributed by atoms with Gasteiger partial charge in [-0.05, 0) is 56.2 Å². The van der Waals surface area contributed by atoms with E-state index in [9.17, 15) is 24.6 Å². The van der Waals surface area contributed by atoms with Gasteiger partial charge in [0.15, 0.2) is 0 Å². The number of hydrogen-bond acceptors (Lipinski definition) is 8. The van der Waals surface area contributed by atoms with Gasteiger partial charge in [0.1, 0.15) is 11.6 Å². The molecule has 0 saturated heterocycles. The fraction of sp³-hybridized carbons (Fsp3) is 0.462. The lowest BCUT2D eigenvalue weighted by molar-refractivity contribution is -0.131. The van der Waals surface area contributed by atoms with Gasteiger partial charge in [0, 0.05) is 25.6 Å². The van der Waals surface area contributed by atoms with Crippen LogP contribution in [0.15, 0.2) is 91.0 Å². The minimum Gasteiger partial charge on any atom is -0.444 e. The number of hydrogen-bond donors (Lipinski definition) is 7. The van der Waals surface area contributed by atoms with E-state index in [1.807, 2.05) is 105 Å². The Kier molecular flexibility index (Phi) is 15.9. The zero-order valence-corrected chi connectivity index (χ0v) is 29.8. The summed E-state index contributed by atoms with van der Waals surface area (Å²) < 4.78 is 5.43. The Hall–Kier alpha value is -4.29. The van der Waals surface area contributed by atoms with Crippen LogP contribution in [-0.2, 0) is 27.2 Å². The second-order valence-electron chi connectivity index (χ2n) is 14.1. The fourth-order valence-electron chi connectivity index (χ4n) is 5.48. The molecule has 6 atom stereocenters. The predicted octanol–water partition coefficient (Wildman–Crippen LogP) is 3.39. The Morgan fingerprint density at radius 2 is 1.18 bits per heavy atom. The molecule has 0 bridgehead atoms. The third kappa shape index (κ3) is 14.3. The Morgan fingerprint density at radius 3 is 1.64 bits per heavy atom. The van der Waals surface area contributed by atoms with Gasteiger partial charge in [-0.25, -0.2) is 4.79 Å². The first-order chi connectivity index (χ1) is 23.7. The van der Waals surface area contributed by atoms with Crippen molar-refractivity contribution in [2.75, 3.05) is 13.1 Å². The quantitative estimate of drug-likeness (QED) is 0.106. The summed E-state index contributed by atoms with van der Waals surface area (Å²) in [5.74, 6) is -1.02. The summed E-state index contributed by atoms with van der Waals surface area (Å²) in [6.45, 7) is 9.05. The number of amides is 3. The Bertz CT molecular complexity index is 1450. The van der Waals surface area contributed by atoms with E-state index in [4.69, 9.17) is 10.5 Å². The summed E-state index contributed by atoms with van der Waals surface area (Å²) in [6.07, 6.45) is -2.04. The van der Waals surface area contributed by atoms with Crippen LogP contribution < -0.4 is 27.0 Å². The summed E-state index contributed by atoms with van der Waals surface area (Å²) in [5, 5.41) is 34.2. The molecule has 11 nitrogen and oxygen atoms in total. The predicted molar refractivity (Wildman–Crippen MR) is 195 cm³/mol. The van der Waals surface area contributed by atoms with E-state index >= 15 is 0 Å². The summed E-state index contributed by atoms with van der Waals surface area (Å²) in [7, 11) is 0. The molecule has 11 heteroatoms. The van der Waals surface area contributed by atoms with Crippen molar-refractivity contribution in [3.05, 3.63) is 108 Å². The third-order valence-electron chi connectivity index (χ3n) is 8.16. The number of carbonyl (C=O) groups is 3. The van der Waals surface area contributed by atoms with Crippen molar-refractivity contribution in [2.24, 2.45) is 11.7 Å². The van der Waals surface area contributed by atoms with E-state index in [0.717, 1.165) is 16.7 Å². The van der Waals surface area contributed by atoms with E-state index < -0.39 is 54.0 Å². The van der Waals surface area contributed by atoms with Gasteiger partial charge in [0.05, 0.1) is 24.3 Å². The van der Waals surface area contributed by atoms with Crippen molar-refractivity contribution < 1.29 is 29.3 Å². The molecule has 3 aromatic carbocycles. The summed E-state index contributed by atoms with van der Waals surface area (Å²) in [5.41, 5.74) is 8.20. The van der Waals surface area contributed by atoms with Crippen LogP contribution in [0.4, 0.5) is 4.79 Å². The highest BCUT2D eigenvalue weighted by Gasteiger charge is 2.30. The van der Waals surface area contributed by atoms with Gasteiger partial charge in [-0.1, -0.05) is 105 Å². The van der Waals surface area contributed by atoms with Gasteiger partial charge in [-0.2, -0.15) is 0 Å².